The van der Waals surface area contributed by atoms with Crippen molar-refractivity contribution in [3.8, 4) is 0 Å². The second-order valence-electron chi connectivity index (χ2n) is 3.70. The standard InChI is InChI=1S/C13H20O2/c1-14-10-6-9-13(11-15-2)12-7-4-3-5-8-12/h3-5,7-8,13H,6,9-11H2,1-2H3. The van der Waals surface area contributed by atoms with Gasteiger partial charge in [-0.15, -0.1) is 0 Å². The second-order valence-corrected chi connectivity index (χ2v) is 3.70. The molecule has 1 rings (SSSR count). The van der Waals surface area contributed by atoms with Gasteiger partial charge in [0.2, 0.25) is 0 Å². The molecule has 2 nitrogen and oxygen atoms in total. The molecule has 0 aromatic heterocycles. The smallest absolute Gasteiger partial charge is 0.0530 e. The van der Waals surface area contributed by atoms with Crippen molar-refractivity contribution in [1.82, 2.24) is 0 Å². The topological polar surface area (TPSA) is 18.5 Å². The van der Waals surface area contributed by atoms with Crippen LogP contribution in [0.15, 0.2) is 30.3 Å². The van der Waals surface area contributed by atoms with Crippen LogP contribution in [0.2, 0.25) is 0 Å². The largest absolute Gasteiger partial charge is 0.385 e. The Morgan fingerprint density at radius 2 is 1.80 bits per heavy atom. The Labute approximate surface area is 92.2 Å². The normalized spacial score (nSPS) is 12.7. The van der Waals surface area contributed by atoms with Crippen LogP contribution in [0.1, 0.15) is 24.3 Å². The van der Waals surface area contributed by atoms with E-state index in [0.29, 0.717) is 5.92 Å². The predicted molar refractivity (Wildman–Crippen MR) is 62.2 cm³/mol. The van der Waals surface area contributed by atoms with Crippen molar-refractivity contribution < 1.29 is 9.47 Å². The molecule has 0 bridgehead atoms. The molecule has 0 saturated carbocycles. The average Bonchev–Trinajstić information content (AvgIpc) is 2.29. The molecular weight excluding hydrogens is 188 g/mol. The zero-order chi connectivity index (χ0) is 10.9. The molecule has 0 fully saturated rings. The first kappa shape index (κ1) is 12.2. The zero-order valence-corrected chi connectivity index (χ0v) is 9.61. The molecule has 0 radical (unpaired) electrons. The first-order chi connectivity index (χ1) is 7.38. The van der Waals surface area contributed by atoms with Crippen molar-refractivity contribution in [2.45, 2.75) is 18.8 Å². The van der Waals surface area contributed by atoms with Crippen LogP contribution in [0.25, 0.3) is 0 Å². The van der Waals surface area contributed by atoms with Gasteiger partial charge in [-0.3, -0.25) is 0 Å². The minimum Gasteiger partial charge on any atom is -0.385 e. The van der Waals surface area contributed by atoms with Gasteiger partial charge in [-0.25, -0.2) is 0 Å². The summed E-state index contributed by atoms with van der Waals surface area (Å²) >= 11 is 0. The van der Waals surface area contributed by atoms with Crippen LogP contribution in [0.3, 0.4) is 0 Å². The van der Waals surface area contributed by atoms with Crippen LogP contribution < -0.4 is 0 Å². The molecule has 2 heteroatoms. The molecule has 84 valence electrons. The second kappa shape index (κ2) is 7.43. The highest BCUT2D eigenvalue weighted by atomic mass is 16.5. The fraction of sp³-hybridized carbons (Fsp3) is 0.538. The summed E-state index contributed by atoms with van der Waals surface area (Å²) in [5.41, 5.74) is 1.36. The molecule has 0 aliphatic rings. The zero-order valence-electron chi connectivity index (χ0n) is 9.61. The molecule has 1 aromatic rings. The first-order valence-corrected chi connectivity index (χ1v) is 5.41. The molecule has 1 unspecified atom stereocenters. The average molecular weight is 208 g/mol. The Kier molecular flexibility index (Phi) is 6.05. The predicted octanol–water partition coefficient (Wildman–Crippen LogP) is 2.84. The summed E-state index contributed by atoms with van der Waals surface area (Å²) in [7, 11) is 3.50. The van der Waals surface area contributed by atoms with E-state index in [1.54, 1.807) is 14.2 Å². The van der Waals surface area contributed by atoms with E-state index in [1.165, 1.54) is 5.56 Å². The minimum atomic E-state index is 0.492. The molecule has 1 atom stereocenters. The highest BCUT2D eigenvalue weighted by molar-refractivity contribution is 5.19. The van der Waals surface area contributed by atoms with Gasteiger partial charge in [0.05, 0.1) is 6.61 Å². The molecule has 0 aliphatic carbocycles. The highest BCUT2D eigenvalue weighted by Crippen LogP contribution is 2.21. The molecule has 0 heterocycles. The quantitative estimate of drug-likeness (QED) is 0.641. The van der Waals surface area contributed by atoms with Gasteiger partial charge >= 0.3 is 0 Å². The summed E-state index contributed by atoms with van der Waals surface area (Å²) in [4.78, 5) is 0. The summed E-state index contributed by atoms with van der Waals surface area (Å²) in [5.74, 6) is 0.492. The van der Waals surface area contributed by atoms with Crippen molar-refractivity contribution >= 4 is 0 Å². The van der Waals surface area contributed by atoms with E-state index in [4.69, 9.17) is 9.47 Å². The van der Waals surface area contributed by atoms with Crippen molar-refractivity contribution in [3.63, 3.8) is 0 Å². The van der Waals surface area contributed by atoms with Crippen molar-refractivity contribution in [1.29, 1.82) is 0 Å². The lowest BCUT2D eigenvalue weighted by molar-refractivity contribution is 0.159. The van der Waals surface area contributed by atoms with E-state index >= 15 is 0 Å². The van der Waals surface area contributed by atoms with Gasteiger partial charge in [0, 0.05) is 26.7 Å². The van der Waals surface area contributed by atoms with E-state index in [2.05, 4.69) is 24.3 Å². The molecule has 0 aliphatic heterocycles. The number of rotatable bonds is 7. The van der Waals surface area contributed by atoms with Gasteiger partial charge in [0.15, 0.2) is 0 Å². The Hall–Kier alpha value is -0.860. The van der Waals surface area contributed by atoms with E-state index in [9.17, 15) is 0 Å². The number of hydrogen-bond donors (Lipinski definition) is 0. The first-order valence-electron chi connectivity index (χ1n) is 5.41. The molecule has 0 spiro atoms. The van der Waals surface area contributed by atoms with Crippen molar-refractivity contribution in [2.24, 2.45) is 0 Å². The number of ether oxygens (including phenoxy) is 2. The van der Waals surface area contributed by atoms with Crippen molar-refractivity contribution in [3.05, 3.63) is 35.9 Å². The van der Waals surface area contributed by atoms with E-state index in [1.807, 2.05) is 6.07 Å². The molecule has 0 amide bonds. The number of methoxy groups -OCH3 is 2. The van der Waals surface area contributed by atoms with E-state index in [-0.39, 0.29) is 0 Å². The van der Waals surface area contributed by atoms with Gasteiger partial charge in [-0.2, -0.15) is 0 Å². The number of hydrogen-bond acceptors (Lipinski definition) is 2. The third-order valence-corrected chi connectivity index (χ3v) is 2.54. The highest BCUT2D eigenvalue weighted by Gasteiger charge is 2.10. The lowest BCUT2D eigenvalue weighted by atomic mass is 9.95. The Morgan fingerprint density at radius 3 is 2.40 bits per heavy atom. The minimum absolute atomic E-state index is 0.492. The van der Waals surface area contributed by atoms with Crippen LogP contribution in [0.4, 0.5) is 0 Å². The van der Waals surface area contributed by atoms with Crippen LogP contribution in [0.5, 0.6) is 0 Å². The fourth-order valence-electron chi connectivity index (χ4n) is 1.75. The maximum absolute atomic E-state index is 5.25. The van der Waals surface area contributed by atoms with Gasteiger partial charge in [-0.05, 0) is 18.4 Å². The van der Waals surface area contributed by atoms with Crippen LogP contribution >= 0.6 is 0 Å². The molecule has 0 N–H and O–H groups in total. The Morgan fingerprint density at radius 1 is 1.07 bits per heavy atom. The van der Waals surface area contributed by atoms with Gasteiger partial charge in [-0.1, -0.05) is 30.3 Å². The lowest BCUT2D eigenvalue weighted by Gasteiger charge is -2.16. The van der Waals surface area contributed by atoms with Gasteiger partial charge in [0.1, 0.15) is 0 Å². The monoisotopic (exact) mass is 208 g/mol. The maximum atomic E-state index is 5.25. The summed E-state index contributed by atoms with van der Waals surface area (Å²) in [6.07, 6.45) is 2.20. The van der Waals surface area contributed by atoms with Gasteiger partial charge in [0.25, 0.3) is 0 Å². The fourth-order valence-corrected chi connectivity index (χ4v) is 1.75. The third-order valence-electron chi connectivity index (χ3n) is 2.54. The summed E-state index contributed by atoms with van der Waals surface area (Å²) < 4.78 is 10.3. The van der Waals surface area contributed by atoms with Crippen LogP contribution in [-0.2, 0) is 9.47 Å². The Balaban J connectivity index is 2.50. The van der Waals surface area contributed by atoms with E-state index < -0.39 is 0 Å². The third kappa shape index (κ3) is 4.45. The summed E-state index contributed by atoms with van der Waals surface area (Å²) in [6.45, 7) is 1.61. The molecule has 15 heavy (non-hydrogen) atoms. The molecule has 1 aromatic carbocycles. The van der Waals surface area contributed by atoms with Crippen molar-refractivity contribution in [2.75, 3.05) is 27.4 Å². The maximum Gasteiger partial charge on any atom is 0.0530 e. The molecule has 0 saturated heterocycles. The number of benzene rings is 1. The van der Waals surface area contributed by atoms with Gasteiger partial charge < -0.3 is 9.47 Å². The lowest BCUT2D eigenvalue weighted by Crippen LogP contribution is -2.07. The SMILES string of the molecule is COCCCC(COC)c1ccccc1. The van der Waals surface area contributed by atoms with E-state index in [0.717, 1.165) is 26.1 Å². The van der Waals surface area contributed by atoms with Crippen LogP contribution in [-0.4, -0.2) is 27.4 Å². The summed E-state index contributed by atoms with van der Waals surface area (Å²) in [5, 5.41) is 0. The van der Waals surface area contributed by atoms with Crippen LogP contribution in [0, 0.1) is 0 Å². The molecular formula is C13H20O2. The summed E-state index contributed by atoms with van der Waals surface area (Å²) in [6, 6.07) is 10.5. The Bertz CT molecular complexity index is 246.